The molecule has 0 aliphatic carbocycles. The first-order valence-electron chi connectivity index (χ1n) is 7.48. The van der Waals surface area contributed by atoms with E-state index in [0.717, 1.165) is 6.42 Å². The normalized spacial score (nSPS) is 23.6. The Morgan fingerprint density at radius 1 is 1.32 bits per heavy atom. The minimum Gasteiger partial charge on any atom is -0.307 e. The Morgan fingerprint density at radius 3 is 2.68 bits per heavy atom. The predicted octanol–water partition coefficient (Wildman–Crippen LogP) is 4.73. The molecule has 1 heterocycles. The van der Waals surface area contributed by atoms with Crippen LogP contribution < -0.4 is 5.32 Å². The first-order chi connectivity index (χ1) is 8.90. The highest BCUT2D eigenvalue weighted by molar-refractivity contribution is 5.58. The van der Waals surface area contributed by atoms with E-state index < -0.39 is 0 Å². The van der Waals surface area contributed by atoms with Crippen LogP contribution in [0.25, 0.3) is 6.08 Å². The summed E-state index contributed by atoms with van der Waals surface area (Å²) in [4.78, 5) is 0. The Hall–Kier alpha value is -1.08. The molecule has 0 radical (unpaired) electrons. The van der Waals surface area contributed by atoms with Crippen LogP contribution >= 0.6 is 0 Å². The lowest BCUT2D eigenvalue weighted by atomic mass is 9.85. The van der Waals surface area contributed by atoms with Gasteiger partial charge in [-0.2, -0.15) is 0 Å². The zero-order chi connectivity index (χ0) is 14.0. The fraction of sp³-hybridized carbons (Fsp3) is 0.556. The standard InChI is InChI=1S/C18H27N/c1-6-15-12-17-14(10-11-18(3,4)5)8-7-9-16(17)13(2)19-15/h7-11,13,15,19H,6,12H2,1-5H3/b11-10+/t13-,15-/m0/s1. The molecule has 1 aliphatic rings. The van der Waals surface area contributed by atoms with E-state index in [0.29, 0.717) is 12.1 Å². The van der Waals surface area contributed by atoms with Gasteiger partial charge in [0.15, 0.2) is 0 Å². The van der Waals surface area contributed by atoms with Crippen LogP contribution in [0.5, 0.6) is 0 Å². The number of nitrogens with one attached hydrogen (secondary N) is 1. The van der Waals surface area contributed by atoms with Crippen LogP contribution in [0.15, 0.2) is 24.3 Å². The fourth-order valence-electron chi connectivity index (χ4n) is 2.77. The molecule has 0 saturated heterocycles. The number of hydrogen-bond donors (Lipinski definition) is 1. The quantitative estimate of drug-likeness (QED) is 0.807. The lowest BCUT2D eigenvalue weighted by Gasteiger charge is -2.32. The lowest BCUT2D eigenvalue weighted by molar-refractivity contribution is 0.412. The van der Waals surface area contributed by atoms with Crippen LogP contribution in [0.3, 0.4) is 0 Å². The molecule has 0 spiro atoms. The molecule has 0 unspecified atom stereocenters. The van der Waals surface area contributed by atoms with E-state index in [-0.39, 0.29) is 5.41 Å². The van der Waals surface area contributed by atoms with E-state index in [2.05, 4.69) is 70.3 Å². The number of hydrogen-bond acceptors (Lipinski definition) is 1. The zero-order valence-corrected chi connectivity index (χ0v) is 13.0. The summed E-state index contributed by atoms with van der Waals surface area (Å²) < 4.78 is 0. The van der Waals surface area contributed by atoms with Crippen molar-refractivity contribution in [2.24, 2.45) is 5.41 Å². The molecule has 1 heteroatoms. The van der Waals surface area contributed by atoms with Crippen molar-refractivity contribution in [2.45, 2.75) is 59.5 Å². The third kappa shape index (κ3) is 3.48. The number of fused-ring (bicyclic) bond motifs is 1. The topological polar surface area (TPSA) is 12.0 Å². The summed E-state index contributed by atoms with van der Waals surface area (Å²) in [6, 6.07) is 7.80. The van der Waals surface area contributed by atoms with Crippen LogP contribution in [0.2, 0.25) is 0 Å². The first kappa shape index (κ1) is 14.3. The summed E-state index contributed by atoms with van der Waals surface area (Å²) >= 11 is 0. The Bertz CT molecular complexity index is 465. The van der Waals surface area contributed by atoms with E-state index in [9.17, 15) is 0 Å². The second-order valence-corrected chi connectivity index (χ2v) is 6.81. The second kappa shape index (κ2) is 5.50. The van der Waals surface area contributed by atoms with Crippen molar-refractivity contribution in [3.8, 4) is 0 Å². The van der Waals surface area contributed by atoms with Crippen molar-refractivity contribution in [3.63, 3.8) is 0 Å². The van der Waals surface area contributed by atoms with Gasteiger partial charge in [0.25, 0.3) is 0 Å². The van der Waals surface area contributed by atoms with Gasteiger partial charge in [-0.1, -0.05) is 58.0 Å². The van der Waals surface area contributed by atoms with Crippen molar-refractivity contribution in [1.82, 2.24) is 5.32 Å². The Kier molecular flexibility index (Phi) is 4.15. The van der Waals surface area contributed by atoms with Gasteiger partial charge in [0.05, 0.1) is 0 Å². The Labute approximate surface area is 118 Å². The van der Waals surface area contributed by atoms with Gasteiger partial charge in [-0.25, -0.2) is 0 Å². The summed E-state index contributed by atoms with van der Waals surface area (Å²) in [7, 11) is 0. The van der Waals surface area contributed by atoms with Gasteiger partial charge in [-0.15, -0.1) is 0 Å². The molecule has 104 valence electrons. The summed E-state index contributed by atoms with van der Waals surface area (Å²) in [6.45, 7) is 11.3. The average molecular weight is 257 g/mol. The van der Waals surface area contributed by atoms with E-state index in [1.165, 1.54) is 17.5 Å². The van der Waals surface area contributed by atoms with Crippen LogP contribution in [0.4, 0.5) is 0 Å². The Balaban J connectivity index is 2.37. The SMILES string of the molecule is CC[C@H]1Cc2c(/C=C/C(C)(C)C)cccc2[C@H](C)N1. The van der Waals surface area contributed by atoms with Crippen LogP contribution in [-0.4, -0.2) is 6.04 Å². The van der Waals surface area contributed by atoms with Gasteiger partial charge in [0.2, 0.25) is 0 Å². The highest BCUT2D eigenvalue weighted by Crippen LogP contribution is 2.30. The number of allylic oxidation sites excluding steroid dienone is 1. The molecular weight excluding hydrogens is 230 g/mol. The average Bonchev–Trinajstić information content (AvgIpc) is 2.35. The second-order valence-electron chi connectivity index (χ2n) is 6.81. The molecule has 0 aromatic heterocycles. The molecule has 0 saturated carbocycles. The molecule has 19 heavy (non-hydrogen) atoms. The largest absolute Gasteiger partial charge is 0.307 e. The maximum absolute atomic E-state index is 3.70. The van der Waals surface area contributed by atoms with Gasteiger partial charge in [0.1, 0.15) is 0 Å². The van der Waals surface area contributed by atoms with Gasteiger partial charge in [-0.05, 0) is 41.9 Å². The minimum absolute atomic E-state index is 0.241. The molecule has 2 atom stereocenters. The fourth-order valence-corrected chi connectivity index (χ4v) is 2.77. The molecule has 0 amide bonds. The smallest absolute Gasteiger partial charge is 0.0297 e. The maximum atomic E-state index is 3.70. The van der Waals surface area contributed by atoms with Crippen molar-refractivity contribution >= 4 is 6.08 Å². The summed E-state index contributed by atoms with van der Waals surface area (Å²) in [6.07, 6.45) is 6.97. The van der Waals surface area contributed by atoms with Gasteiger partial charge in [0, 0.05) is 12.1 Å². The highest BCUT2D eigenvalue weighted by atomic mass is 15.0. The third-order valence-electron chi connectivity index (χ3n) is 3.91. The monoisotopic (exact) mass is 257 g/mol. The van der Waals surface area contributed by atoms with Crippen LogP contribution in [-0.2, 0) is 6.42 Å². The Morgan fingerprint density at radius 2 is 2.05 bits per heavy atom. The first-order valence-corrected chi connectivity index (χ1v) is 7.48. The summed E-state index contributed by atoms with van der Waals surface area (Å²) in [5.74, 6) is 0. The molecule has 1 N–H and O–H groups in total. The molecule has 1 nitrogen and oxygen atoms in total. The van der Waals surface area contributed by atoms with E-state index >= 15 is 0 Å². The van der Waals surface area contributed by atoms with Crippen LogP contribution in [0.1, 0.15) is 63.8 Å². The predicted molar refractivity (Wildman–Crippen MR) is 84.3 cm³/mol. The third-order valence-corrected chi connectivity index (χ3v) is 3.91. The molecule has 2 rings (SSSR count). The molecular formula is C18H27N. The number of rotatable bonds is 2. The molecule has 1 aromatic carbocycles. The maximum Gasteiger partial charge on any atom is 0.0297 e. The summed E-state index contributed by atoms with van der Waals surface area (Å²) in [5, 5.41) is 3.70. The van der Waals surface area contributed by atoms with Crippen LogP contribution in [0, 0.1) is 5.41 Å². The zero-order valence-electron chi connectivity index (χ0n) is 13.0. The highest BCUT2D eigenvalue weighted by Gasteiger charge is 2.23. The molecule has 1 aromatic rings. The molecule has 1 aliphatic heterocycles. The van der Waals surface area contributed by atoms with E-state index in [1.807, 2.05) is 0 Å². The minimum atomic E-state index is 0.241. The van der Waals surface area contributed by atoms with Gasteiger partial charge in [-0.3, -0.25) is 0 Å². The van der Waals surface area contributed by atoms with E-state index in [4.69, 9.17) is 0 Å². The number of benzene rings is 1. The van der Waals surface area contributed by atoms with Gasteiger partial charge < -0.3 is 5.32 Å². The van der Waals surface area contributed by atoms with Crippen molar-refractivity contribution in [1.29, 1.82) is 0 Å². The molecule has 0 bridgehead atoms. The summed E-state index contributed by atoms with van der Waals surface area (Å²) in [5.41, 5.74) is 4.66. The molecule has 0 fully saturated rings. The van der Waals surface area contributed by atoms with Crippen molar-refractivity contribution in [3.05, 3.63) is 41.0 Å². The lowest BCUT2D eigenvalue weighted by Crippen LogP contribution is -2.38. The van der Waals surface area contributed by atoms with E-state index in [1.54, 1.807) is 5.56 Å². The van der Waals surface area contributed by atoms with Crippen molar-refractivity contribution in [2.75, 3.05) is 0 Å². The van der Waals surface area contributed by atoms with Gasteiger partial charge >= 0.3 is 0 Å². The van der Waals surface area contributed by atoms with Crippen molar-refractivity contribution < 1.29 is 0 Å².